The van der Waals surface area contributed by atoms with Crippen molar-refractivity contribution in [2.75, 3.05) is 38.0 Å². The number of anilines is 1. The molecule has 1 saturated heterocycles. The molecule has 0 aliphatic carbocycles. The minimum Gasteiger partial charge on any atom is -0.325 e. The number of nitrogens with zero attached hydrogens (tertiary/aromatic N) is 1. The van der Waals surface area contributed by atoms with Gasteiger partial charge >= 0.3 is 0 Å². The zero-order valence-electron chi connectivity index (χ0n) is 15.4. The molecule has 28 heavy (non-hydrogen) atoms. The molecule has 3 rings (SSSR count). The molecule has 1 amide bonds. The molecular formula is C19H22Cl2N3O3S+. The summed E-state index contributed by atoms with van der Waals surface area (Å²) < 4.78 is 27.0. The SMILES string of the molecule is Cc1ccc(S(=O)(=O)N2CC[NH+](CC(=O)Nc3c(Cl)cccc3Cl)CC2)cc1. The molecule has 6 nitrogen and oxygen atoms in total. The van der Waals surface area contributed by atoms with Crippen LogP contribution in [0, 0.1) is 6.92 Å². The second-order valence-electron chi connectivity index (χ2n) is 6.79. The summed E-state index contributed by atoms with van der Waals surface area (Å²) in [6.07, 6.45) is 0. The number of rotatable bonds is 5. The molecule has 150 valence electrons. The van der Waals surface area contributed by atoms with Gasteiger partial charge in [0.1, 0.15) is 0 Å². The Labute approximate surface area is 175 Å². The highest BCUT2D eigenvalue weighted by Crippen LogP contribution is 2.29. The van der Waals surface area contributed by atoms with E-state index in [0.29, 0.717) is 46.8 Å². The van der Waals surface area contributed by atoms with Gasteiger partial charge in [-0.2, -0.15) is 4.31 Å². The van der Waals surface area contributed by atoms with Crippen molar-refractivity contribution < 1.29 is 18.1 Å². The van der Waals surface area contributed by atoms with E-state index in [9.17, 15) is 13.2 Å². The first kappa shape index (κ1) is 21.1. The van der Waals surface area contributed by atoms with Crippen LogP contribution in [0.5, 0.6) is 0 Å². The Balaban J connectivity index is 1.56. The van der Waals surface area contributed by atoms with Gasteiger partial charge in [0, 0.05) is 0 Å². The number of benzene rings is 2. The quantitative estimate of drug-likeness (QED) is 0.741. The molecule has 0 bridgehead atoms. The topological polar surface area (TPSA) is 70.9 Å². The molecule has 2 aromatic carbocycles. The molecule has 1 aliphatic rings. The summed E-state index contributed by atoms with van der Waals surface area (Å²) in [6.45, 7) is 3.97. The Morgan fingerprint density at radius 3 is 2.21 bits per heavy atom. The van der Waals surface area contributed by atoms with Gasteiger partial charge in [-0.05, 0) is 31.2 Å². The lowest BCUT2D eigenvalue weighted by Gasteiger charge is -2.31. The first-order chi connectivity index (χ1) is 13.3. The summed E-state index contributed by atoms with van der Waals surface area (Å²) in [7, 11) is -3.51. The monoisotopic (exact) mass is 442 g/mol. The predicted octanol–water partition coefficient (Wildman–Crippen LogP) is 1.83. The first-order valence-electron chi connectivity index (χ1n) is 8.91. The molecule has 2 N–H and O–H groups in total. The largest absolute Gasteiger partial charge is 0.325 e. The van der Waals surface area contributed by atoms with E-state index >= 15 is 0 Å². The maximum atomic E-state index is 12.8. The maximum Gasteiger partial charge on any atom is 0.279 e. The highest BCUT2D eigenvalue weighted by Gasteiger charge is 2.31. The highest BCUT2D eigenvalue weighted by molar-refractivity contribution is 7.89. The smallest absolute Gasteiger partial charge is 0.279 e. The molecule has 0 atom stereocenters. The fraction of sp³-hybridized carbons (Fsp3) is 0.316. The number of halogens is 2. The minimum absolute atomic E-state index is 0.208. The van der Waals surface area contributed by atoms with Crippen molar-refractivity contribution in [1.29, 1.82) is 0 Å². The van der Waals surface area contributed by atoms with Crippen molar-refractivity contribution in [2.24, 2.45) is 0 Å². The Hall–Kier alpha value is -1.64. The molecule has 0 saturated carbocycles. The summed E-state index contributed by atoms with van der Waals surface area (Å²) in [5.74, 6) is -0.208. The summed E-state index contributed by atoms with van der Waals surface area (Å²) >= 11 is 12.1. The second kappa shape index (κ2) is 8.80. The first-order valence-corrected chi connectivity index (χ1v) is 11.1. The maximum absolute atomic E-state index is 12.8. The van der Waals surface area contributed by atoms with Gasteiger partial charge in [0.05, 0.1) is 46.8 Å². The summed E-state index contributed by atoms with van der Waals surface area (Å²) in [4.78, 5) is 13.6. The number of hydrogen-bond donors (Lipinski definition) is 2. The van der Waals surface area contributed by atoms with Gasteiger partial charge in [0.15, 0.2) is 6.54 Å². The van der Waals surface area contributed by atoms with E-state index in [0.717, 1.165) is 10.5 Å². The number of amides is 1. The van der Waals surface area contributed by atoms with Crippen LogP contribution in [0.3, 0.4) is 0 Å². The molecule has 1 fully saturated rings. The summed E-state index contributed by atoms with van der Waals surface area (Å²) in [6, 6.07) is 11.9. The standard InChI is InChI=1S/C19H21Cl2N3O3S/c1-14-5-7-15(8-6-14)28(26,27)24-11-9-23(10-12-24)13-18(25)22-19-16(20)3-2-4-17(19)21/h2-8H,9-13H2,1H3,(H,22,25)/p+1. The van der Waals surface area contributed by atoms with Gasteiger partial charge < -0.3 is 10.2 Å². The van der Waals surface area contributed by atoms with Crippen LogP contribution in [0.4, 0.5) is 5.69 Å². The van der Waals surface area contributed by atoms with Crippen LogP contribution in [0.2, 0.25) is 10.0 Å². The average molecular weight is 443 g/mol. The van der Waals surface area contributed by atoms with Crippen LogP contribution in [-0.2, 0) is 14.8 Å². The van der Waals surface area contributed by atoms with Crippen molar-refractivity contribution >= 4 is 44.8 Å². The molecule has 0 radical (unpaired) electrons. The molecule has 1 heterocycles. The van der Waals surface area contributed by atoms with Crippen molar-refractivity contribution in [1.82, 2.24) is 4.31 Å². The number of quaternary nitrogens is 1. The lowest BCUT2D eigenvalue weighted by atomic mass is 10.2. The number of carbonyl (C=O) groups is 1. The van der Waals surface area contributed by atoms with Crippen LogP contribution >= 0.6 is 23.2 Å². The van der Waals surface area contributed by atoms with Crippen molar-refractivity contribution in [2.45, 2.75) is 11.8 Å². The predicted molar refractivity (Wildman–Crippen MR) is 111 cm³/mol. The molecule has 2 aromatic rings. The van der Waals surface area contributed by atoms with Gasteiger partial charge in [0.2, 0.25) is 10.0 Å². The number of piperazine rings is 1. The van der Waals surface area contributed by atoms with E-state index in [1.165, 1.54) is 4.31 Å². The summed E-state index contributed by atoms with van der Waals surface area (Å²) in [5.41, 5.74) is 1.41. The van der Waals surface area contributed by atoms with Gasteiger partial charge in [-0.25, -0.2) is 8.42 Å². The third-order valence-electron chi connectivity index (χ3n) is 4.73. The number of hydrogen-bond acceptors (Lipinski definition) is 3. The normalized spacial score (nSPS) is 16.1. The summed E-state index contributed by atoms with van der Waals surface area (Å²) in [5, 5.41) is 3.50. The highest BCUT2D eigenvalue weighted by atomic mass is 35.5. The third-order valence-corrected chi connectivity index (χ3v) is 7.27. The average Bonchev–Trinajstić information content (AvgIpc) is 2.66. The van der Waals surface area contributed by atoms with E-state index in [2.05, 4.69) is 5.32 Å². The lowest BCUT2D eigenvalue weighted by Crippen LogP contribution is -3.15. The van der Waals surface area contributed by atoms with Gasteiger partial charge in [-0.1, -0.05) is 47.0 Å². The Morgan fingerprint density at radius 1 is 1.07 bits per heavy atom. The van der Waals surface area contributed by atoms with Gasteiger partial charge in [-0.3, -0.25) is 4.79 Å². The number of nitrogens with one attached hydrogen (secondary N) is 2. The van der Waals surface area contributed by atoms with E-state index in [-0.39, 0.29) is 12.5 Å². The third kappa shape index (κ3) is 4.85. The van der Waals surface area contributed by atoms with E-state index in [4.69, 9.17) is 23.2 Å². The second-order valence-corrected chi connectivity index (χ2v) is 9.54. The van der Waals surface area contributed by atoms with Gasteiger partial charge in [0.25, 0.3) is 5.91 Å². The zero-order valence-corrected chi connectivity index (χ0v) is 17.7. The van der Waals surface area contributed by atoms with Crippen LogP contribution in [0.1, 0.15) is 5.56 Å². The van der Waals surface area contributed by atoms with Crippen LogP contribution < -0.4 is 10.2 Å². The van der Waals surface area contributed by atoms with Crippen molar-refractivity contribution in [3.8, 4) is 0 Å². The van der Waals surface area contributed by atoms with E-state index < -0.39 is 10.0 Å². The molecule has 0 unspecified atom stereocenters. The van der Waals surface area contributed by atoms with Gasteiger partial charge in [-0.15, -0.1) is 0 Å². The van der Waals surface area contributed by atoms with E-state index in [1.807, 2.05) is 6.92 Å². The Kier molecular flexibility index (Phi) is 6.62. The van der Waals surface area contributed by atoms with Crippen LogP contribution in [0.25, 0.3) is 0 Å². The zero-order chi connectivity index (χ0) is 20.3. The number of sulfonamides is 1. The molecule has 9 heteroatoms. The number of para-hydroxylation sites is 1. The number of carbonyl (C=O) groups excluding carboxylic acids is 1. The van der Waals surface area contributed by atoms with E-state index in [1.54, 1.807) is 42.5 Å². The Bertz CT molecular complexity index is 937. The number of aryl methyl sites for hydroxylation is 1. The van der Waals surface area contributed by atoms with Crippen molar-refractivity contribution in [3.05, 3.63) is 58.1 Å². The minimum atomic E-state index is -3.51. The van der Waals surface area contributed by atoms with Crippen LogP contribution in [0.15, 0.2) is 47.4 Å². The Morgan fingerprint density at radius 2 is 1.64 bits per heavy atom. The van der Waals surface area contributed by atoms with Crippen molar-refractivity contribution in [3.63, 3.8) is 0 Å². The lowest BCUT2D eigenvalue weighted by molar-refractivity contribution is -0.895. The molecular weight excluding hydrogens is 421 g/mol. The fourth-order valence-electron chi connectivity index (χ4n) is 3.11. The fourth-order valence-corrected chi connectivity index (χ4v) is 5.04. The van der Waals surface area contributed by atoms with Crippen LogP contribution in [-0.4, -0.2) is 51.4 Å². The molecule has 0 spiro atoms. The molecule has 0 aromatic heterocycles. The molecule has 1 aliphatic heterocycles.